The molecule has 2 nitrogen and oxygen atoms in total. The van der Waals surface area contributed by atoms with Gasteiger partial charge in [0.2, 0.25) is 6.67 Å². The molecule has 0 bridgehead atoms. The Morgan fingerprint density at radius 3 is 2.35 bits per heavy atom. The predicted molar refractivity (Wildman–Crippen MR) is 95.5 cm³/mol. The summed E-state index contributed by atoms with van der Waals surface area (Å²) in [5, 5.41) is 0. The van der Waals surface area contributed by atoms with Crippen LogP contribution < -0.4 is 4.90 Å². The van der Waals surface area contributed by atoms with Crippen LogP contribution in [-0.2, 0) is 0 Å². The lowest BCUT2D eigenvalue weighted by Gasteiger charge is -2.31. The number of para-hydroxylation sites is 1. The van der Waals surface area contributed by atoms with Crippen molar-refractivity contribution in [3.05, 3.63) is 73.7 Å². The first-order valence-corrected chi connectivity index (χ1v) is 8.58. The highest BCUT2D eigenvalue weighted by atomic mass is 15.4. The molecule has 1 aliphatic carbocycles. The minimum absolute atomic E-state index is 0.619. The van der Waals surface area contributed by atoms with Gasteiger partial charge in [0.25, 0.3) is 0 Å². The van der Waals surface area contributed by atoms with E-state index < -0.39 is 0 Å². The number of hydrogen-bond acceptors (Lipinski definition) is 2. The summed E-state index contributed by atoms with van der Waals surface area (Å²) in [5.41, 5.74) is 3.68. The average molecular weight is 302 g/mol. The molecule has 2 aromatic rings. The van der Waals surface area contributed by atoms with E-state index in [1.54, 1.807) is 0 Å². The summed E-state index contributed by atoms with van der Waals surface area (Å²) in [6.45, 7) is 3.54. The van der Waals surface area contributed by atoms with Crippen LogP contribution in [-0.4, -0.2) is 10.9 Å². The van der Waals surface area contributed by atoms with E-state index in [1.807, 2.05) is 0 Å². The van der Waals surface area contributed by atoms with Crippen molar-refractivity contribution in [2.24, 2.45) is 0 Å². The van der Waals surface area contributed by atoms with E-state index in [0.29, 0.717) is 6.04 Å². The van der Waals surface area contributed by atoms with Crippen LogP contribution in [0.5, 0.6) is 0 Å². The molecular formula is C21H22N2. The second-order valence-electron chi connectivity index (χ2n) is 6.35. The van der Waals surface area contributed by atoms with Crippen molar-refractivity contribution in [3.63, 3.8) is 0 Å². The van der Waals surface area contributed by atoms with Crippen LogP contribution in [0.1, 0.15) is 32.1 Å². The van der Waals surface area contributed by atoms with E-state index in [2.05, 4.69) is 83.5 Å². The lowest BCUT2D eigenvalue weighted by molar-refractivity contribution is 0.261. The molecule has 4 rings (SSSR count). The SMILES string of the molecule is [C]1N(c2ccccc2-c2ccccc2)C=CN1C1CCCCC1. The van der Waals surface area contributed by atoms with Gasteiger partial charge in [-0.05, 0) is 24.5 Å². The maximum absolute atomic E-state index is 3.54. The van der Waals surface area contributed by atoms with Crippen molar-refractivity contribution in [2.75, 3.05) is 4.90 Å². The molecule has 0 spiro atoms. The van der Waals surface area contributed by atoms with Crippen molar-refractivity contribution < 1.29 is 0 Å². The van der Waals surface area contributed by atoms with Gasteiger partial charge < -0.3 is 9.80 Å². The largest absolute Gasteiger partial charge is 0.343 e. The first kappa shape index (κ1) is 14.4. The smallest absolute Gasteiger partial charge is 0.213 e. The summed E-state index contributed by atoms with van der Waals surface area (Å²) < 4.78 is 0. The van der Waals surface area contributed by atoms with E-state index in [1.165, 1.54) is 48.9 Å². The summed E-state index contributed by atoms with van der Waals surface area (Å²) in [7, 11) is 0. The molecule has 1 fully saturated rings. The third-order valence-corrected chi connectivity index (χ3v) is 4.82. The van der Waals surface area contributed by atoms with Gasteiger partial charge in [-0.2, -0.15) is 0 Å². The van der Waals surface area contributed by atoms with Crippen LogP contribution in [0.4, 0.5) is 5.69 Å². The monoisotopic (exact) mass is 302 g/mol. The Kier molecular flexibility index (Phi) is 4.06. The Morgan fingerprint density at radius 1 is 0.783 bits per heavy atom. The van der Waals surface area contributed by atoms with Crippen LogP contribution in [0.2, 0.25) is 0 Å². The number of benzene rings is 2. The standard InChI is InChI=1S/C21H22N2/c1-3-9-18(10-4-1)20-13-7-8-14-21(20)23-16-15-22(17-23)19-11-5-2-6-12-19/h1,3-4,7-10,13-16,19H,2,5-6,11-12H2. The fourth-order valence-electron chi connectivity index (χ4n) is 3.57. The molecule has 0 N–H and O–H groups in total. The summed E-state index contributed by atoms with van der Waals surface area (Å²) in [6, 6.07) is 19.7. The molecule has 1 heterocycles. The van der Waals surface area contributed by atoms with Crippen molar-refractivity contribution >= 4 is 5.69 Å². The Morgan fingerprint density at radius 2 is 1.52 bits per heavy atom. The van der Waals surface area contributed by atoms with Crippen LogP contribution in [0.25, 0.3) is 11.1 Å². The van der Waals surface area contributed by atoms with E-state index in [-0.39, 0.29) is 0 Å². The fraction of sp³-hybridized carbons (Fsp3) is 0.286. The van der Waals surface area contributed by atoms with Gasteiger partial charge in [0.1, 0.15) is 0 Å². The first-order valence-electron chi connectivity index (χ1n) is 8.58. The summed E-state index contributed by atoms with van der Waals surface area (Å²) in [5.74, 6) is 0. The Bertz CT molecular complexity index is 671. The zero-order valence-corrected chi connectivity index (χ0v) is 13.4. The number of anilines is 1. The van der Waals surface area contributed by atoms with Gasteiger partial charge in [-0.3, -0.25) is 0 Å². The fourth-order valence-corrected chi connectivity index (χ4v) is 3.57. The molecule has 0 unspecified atom stereocenters. The maximum atomic E-state index is 3.54. The molecule has 23 heavy (non-hydrogen) atoms. The minimum Gasteiger partial charge on any atom is -0.343 e. The van der Waals surface area contributed by atoms with Crippen LogP contribution in [0.15, 0.2) is 67.0 Å². The zero-order chi connectivity index (χ0) is 15.5. The molecule has 116 valence electrons. The molecular weight excluding hydrogens is 280 g/mol. The second kappa shape index (κ2) is 6.49. The molecule has 1 aliphatic heterocycles. The first-order chi connectivity index (χ1) is 11.4. The summed E-state index contributed by atoms with van der Waals surface area (Å²) in [6.07, 6.45) is 11.0. The van der Waals surface area contributed by atoms with Crippen molar-refractivity contribution in [1.29, 1.82) is 0 Å². The van der Waals surface area contributed by atoms with Crippen LogP contribution >= 0.6 is 0 Å². The molecule has 0 saturated heterocycles. The Balaban J connectivity index is 1.57. The van der Waals surface area contributed by atoms with Gasteiger partial charge in [-0.25, -0.2) is 0 Å². The van der Waals surface area contributed by atoms with Gasteiger partial charge in [-0.15, -0.1) is 0 Å². The van der Waals surface area contributed by atoms with Crippen LogP contribution in [0, 0.1) is 6.67 Å². The number of rotatable bonds is 3. The second-order valence-corrected chi connectivity index (χ2v) is 6.35. The molecule has 2 aromatic carbocycles. The van der Waals surface area contributed by atoms with Gasteiger partial charge >= 0.3 is 0 Å². The molecule has 2 radical (unpaired) electrons. The van der Waals surface area contributed by atoms with Crippen molar-refractivity contribution in [3.8, 4) is 11.1 Å². The topological polar surface area (TPSA) is 6.48 Å². The average Bonchev–Trinajstić information content (AvgIpc) is 3.13. The van der Waals surface area contributed by atoms with Crippen LogP contribution in [0.3, 0.4) is 0 Å². The van der Waals surface area contributed by atoms with Gasteiger partial charge in [-0.1, -0.05) is 67.8 Å². The molecule has 2 heteroatoms. The molecule has 1 saturated carbocycles. The number of nitrogens with zero attached hydrogens (tertiary/aromatic N) is 2. The van der Waals surface area contributed by atoms with E-state index >= 15 is 0 Å². The van der Waals surface area contributed by atoms with E-state index in [9.17, 15) is 0 Å². The van der Waals surface area contributed by atoms with Gasteiger partial charge in [0.05, 0.1) is 5.69 Å². The van der Waals surface area contributed by atoms with E-state index in [0.717, 1.165) is 0 Å². The third kappa shape index (κ3) is 2.98. The molecule has 0 aromatic heterocycles. The molecule has 0 amide bonds. The van der Waals surface area contributed by atoms with Gasteiger partial charge in [0, 0.05) is 24.0 Å². The Hall–Kier alpha value is -2.22. The molecule has 2 aliphatic rings. The van der Waals surface area contributed by atoms with Crippen molar-refractivity contribution in [2.45, 2.75) is 38.1 Å². The number of hydrogen-bond donors (Lipinski definition) is 0. The summed E-state index contributed by atoms with van der Waals surface area (Å²) >= 11 is 0. The van der Waals surface area contributed by atoms with Crippen molar-refractivity contribution in [1.82, 2.24) is 4.90 Å². The minimum atomic E-state index is 0.619. The Labute approximate surface area is 139 Å². The highest BCUT2D eigenvalue weighted by Crippen LogP contribution is 2.35. The highest BCUT2D eigenvalue weighted by Gasteiger charge is 2.26. The zero-order valence-electron chi connectivity index (χ0n) is 13.4. The normalized spacial score (nSPS) is 18.6. The molecule has 0 atom stereocenters. The highest BCUT2D eigenvalue weighted by molar-refractivity contribution is 5.80. The lowest BCUT2D eigenvalue weighted by Crippen LogP contribution is -2.31. The van der Waals surface area contributed by atoms with Gasteiger partial charge in [0.15, 0.2) is 0 Å². The maximum Gasteiger partial charge on any atom is 0.213 e. The third-order valence-electron chi connectivity index (χ3n) is 4.82. The summed E-state index contributed by atoms with van der Waals surface area (Å²) in [4.78, 5) is 4.41. The lowest BCUT2D eigenvalue weighted by atomic mass is 9.95. The van der Waals surface area contributed by atoms with E-state index in [4.69, 9.17) is 0 Å². The predicted octanol–water partition coefficient (Wildman–Crippen LogP) is 5.28. The quantitative estimate of drug-likeness (QED) is 0.761.